The second-order valence-electron chi connectivity index (χ2n) is 11.0. The molecule has 3 aromatic rings. The summed E-state index contributed by atoms with van der Waals surface area (Å²) in [6, 6.07) is 4.98. The molecule has 1 atom stereocenters. The Morgan fingerprint density at radius 2 is 2.11 bits per heavy atom. The third kappa shape index (κ3) is 6.12. The van der Waals surface area contributed by atoms with Crippen molar-refractivity contribution in [3.05, 3.63) is 31.0 Å². The number of fused-ring (bicyclic) bond motifs is 1. The van der Waals surface area contributed by atoms with Gasteiger partial charge in [-0.2, -0.15) is 10.4 Å². The highest BCUT2D eigenvalue weighted by Gasteiger charge is 2.37. The van der Waals surface area contributed by atoms with Crippen LogP contribution in [0.2, 0.25) is 25.7 Å². The molecular formula is C25H35N7O3Si. The molecule has 0 bridgehead atoms. The monoisotopic (exact) mass is 509 g/mol. The summed E-state index contributed by atoms with van der Waals surface area (Å²) in [5.74, 6) is 0. The fraction of sp³-hybridized carbons (Fsp3) is 0.560. The number of aromatic nitrogens is 5. The van der Waals surface area contributed by atoms with E-state index in [9.17, 15) is 10.1 Å². The Labute approximate surface area is 212 Å². The van der Waals surface area contributed by atoms with E-state index in [1.54, 1.807) is 17.2 Å². The van der Waals surface area contributed by atoms with Gasteiger partial charge in [0.2, 0.25) is 0 Å². The molecule has 1 aliphatic rings. The van der Waals surface area contributed by atoms with E-state index in [0.717, 1.165) is 60.6 Å². The van der Waals surface area contributed by atoms with Crippen LogP contribution in [-0.4, -0.2) is 56.7 Å². The molecule has 0 saturated heterocycles. The van der Waals surface area contributed by atoms with E-state index in [2.05, 4.69) is 46.1 Å². The molecule has 0 aliphatic heterocycles. The topological polar surface area (TPSA) is 131 Å². The minimum absolute atomic E-state index is 0.222. The van der Waals surface area contributed by atoms with Crippen LogP contribution in [0.15, 0.2) is 31.0 Å². The van der Waals surface area contributed by atoms with E-state index in [1.807, 2.05) is 23.0 Å². The molecule has 1 aliphatic carbocycles. The normalized spacial score (nSPS) is 16.2. The Morgan fingerprint density at radius 1 is 1.33 bits per heavy atom. The molecule has 1 fully saturated rings. The molecule has 0 spiro atoms. The lowest BCUT2D eigenvalue weighted by Gasteiger charge is -2.30. The number of carboxylic acid groups (broad SMARTS) is 1. The number of hydrogen-bond donors (Lipinski definition) is 2. The van der Waals surface area contributed by atoms with Crippen LogP contribution in [0.25, 0.3) is 22.3 Å². The molecule has 0 aromatic carbocycles. The first kappa shape index (κ1) is 25.8. The molecule has 10 nitrogen and oxygen atoms in total. The largest absolute Gasteiger partial charge is 0.465 e. The van der Waals surface area contributed by atoms with Crippen LogP contribution in [-0.2, 0) is 11.5 Å². The maximum absolute atomic E-state index is 11.1. The standard InChI is InChI=1S/C25H35N7O3Si/c1-36(2,3)11-10-35-18-31-9-6-21-22(28-17-29-23(21)31)19-14-30-32(15-19)20(13-26)12-25(7-4-5-8-25)16-27-24(33)34/h6,9,14-15,17,20,27H,4-5,7-8,10-12,16,18H2,1-3H3,(H,33,34)/t20-/m0/s1. The van der Waals surface area contributed by atoms with Crippen molar-refractivity contribution in [2.45, 2.75) is 70.6 Å². The Hall–Kier alpha value is -3.23. The van der Waals surface area contributed by atoms with Crippen LogP contribution in [0, 0.1) is 16.7 Å². The van der Waals surface area contributed by atoms with Gasteiger partial charge in [0.25, 0.3) is 0 Å². The summed E-state index contributed by atoms with van der Waals surface area (Å²) in [7, 11) is -1.14. The third-order valence-electron chi connectivity index (χ3n) is 7.03. The maximum Gasteiger partial charge on any atom is 0.404 e. The summed E-state index contributed by atoms with van der Waals surface area (Å²) in [6.45, 7) is 8.52. The van der Waals surface area contributed by atoms with Crippen molar-refractivity contribution in [1.82, 2.24) is 29.6 Å². The molecule has 11 heteroatoms. The van der Waals surface area contributed by atoms with Crippen molar-refractivity contribution in [3.63, 3.8) is 0 Å². The van der Waals surface area contributed by atoms with Gasteiger partial charge in [-0.3, -0.25) is 4.68 Å². The first-order valence-corrected chi connectivity index (χ1v) is 16.2. The SMILES string of the molecule is C[Si](C)(C)CCOCn1ccc2c(-c3cnn([C@H](C#N)CC4(CNC(=O)O)CCCC4)c3)ncnc21. The zero-order valence-corrected chi connectivity index (χ0v) is 22.3. The summed E-state index contributed by atoms with van der Waals surface area (Å²) in [5, 5.41) is 27.0. The van der Waals surface area contributed by atoms with E-state index < -0.39 is 20.2 Å². The maximum atomic E-state index is 11.1. The average molecular weight is 510 g/mol. The molecule has 4 rings (SSSR count). The Morgan fingerprint density at radius 3 is 2.81 bits per heavy atom. The predicted octanol–water partition coefficient (Wildman–Crippen LogP) is 4.89. The van der Waals surface area contributed by atoms with Crippen LogP contribution in [0.4, 0.5) is 4.79 Å². The molecule has 1 saturated carbocycles. The van der Waals surface area contributed by atoms with E-state index in [1.165, 1.54) is 0 Å². The highest BCUT2D eigenvalue weighted by molar-refractivity contribution is 6.76. The number of amides is 1. The molecular weight excluding hydrogens is 474 g/mol. The first-order chi connectivity index (χ1) is 17.2. The number of rotatable bonds is 11. The van der Waals surface area contributed by atoms with Crippen LogP contribution in [0.1, 0.15) is 38.1 Å². The number of nitrogens with zero attached hydrogens (tertiary/aromatic N) is 6. The van der Waals surface area contributed by atoms with Crippen LogP contribution in [0.3, 0.4) is 0 Å². The minimum Gasteiger partial charge on any atom is -0.465 e. The number of nitrogens with one attached hydrogen (secondary N) is 1. The van der Waals surface area contributed by atoms with E-state index >= 15 is 0 Å². The molecule has 0 radical (unpaired) electrons. The Balaban J connectivity index is 1.50. The fourth-order valence-corrected chi connectivity index (χ4v) is 5.72. The smallest absolute Gasteiger partial charge is 0.404 e. The summed E-state index contributed by atoms with van der Waals surface area (Å²) >= 11 is 0. The van der Waals surface area contributed by atoms with E-state index in [-0.39, 0.29) is 5.41 Å². The van der Waals surface area contributed by atoms with Gasteiger partial charge in [-0.25, -0.2) is 14.8 Å². The lowest BCUT2D eigenvalue weighted by Crippen LogP contribution is -2.36. The number of nitriles is 1. The second kappa shape index (κ2) is 10.8. The summed E-state index contributed by atoms with van der Waals surface area (Å²) < 4.78 is 9.57. The van der Waals surface area contributed by atoms with E-state index in [4.69, 9.17) is 9.84 Å². The predicted molar refractivity (Wildman–Crippen MR) is 139 cm³/mol. The summed E-state index contributed by atoms with van der Waals surface area (Å²) in [4.78, 5) is 20.1. The lowest BCUT2D eigenvalue weighted by atomic mass is 9.80. The van der Waals surface area contributed by atoms with Crippen molar-refractivity contribution in [1.29, 1.82) is 5.26 Å². The van der Waals surface area contributed by atoms with Gasteiger partial charge in [0.15, 0.2) is 0 Å². The summed E-state index contributed by atoms with van der Waals surface area (Å²) in [6.07, 6.45) is 10.5. The van der Waals surface area contributed by atoms with Gasteiger partial charge < -0.3 is 19.7 Å². The third-order valence-corrected chi connectivity index (χ3v) is 8.74. The summed E-state index contributed by atoms with van der Waals surface area (Å²) in [5.41, 5.74) is 2.14. The molecule has 0 unspecified atom stereocenters. The van der Waals surface area contributed by atoms with Gasteiger partial charge in [-0.1, -0.05) is 32.5 Å². The van der Waals surface area contributed by atoms with Gasteiger partial charge in [-0.15, -0.1) is 0 Å². The fourth-order valence-electron chi connectivity index (χ4n) is 4.96. The molecule has 3 aromatic heterocycles. The average Bonchev–Trinajstić information content (AvgIpc) is 3.59. The number of ether oxygens (including phenoxy) is 1. The van der Waals surface area contributed by atoms with Crippen LogP contribution >= 0.6 is 0 Å². The highest BCUT2D eigenvalue weighted by Crippen LogP contribution is 2.43. The minimum atomic E-state index is -1.14. The molecule has 192 valence electrons. The Bertz CT molecular complexity index is 1230. The van der Waals surface area contributed by atoms with Crippen molar-refractivity contribution < 1.29 is 14.6 Å². The number of hydrogen-bond acceptors (Lipinski definition) is 6. The zero-order chi connectivity index (χ0) is 25.8. The van der Waals surface area contributed by atoms with Crippen LogP contribution in [0.5, 0.6) is 0 Å². The van der Waals surface area contributed by atoms with Crippen LogP contribution < -0.4 is 5.32 Å². The zero-order valence-electron chi connectivity index (χ0n) is 21.3. The van der Waals surface area contributed by atoms with Crippen molar-refractivity contribution in [3.8, 4) is 17.3 Å². The van der Waals surface area contributed by atoms with Gasteiger partial charge in [0, 0.05) is 44.6 Å². The molecule has 3 heterocycles. The van der Waals surface area contributed by atoms with Gasteiger partial charge >= 0.3 is 6.09 Å². The van der Waals surface area contributed by atoms with Gasteiger partial charge in [0.05, 0.1) is 18.0 Å². The van der Waals surface area contributed by atoms with Gasteiger partial charge in [-0.05, 0) is 36.8 Å². The van der Waals surface area contributed by atoms with Gasteiger partial charge in [0.1, 0.15) is 24.7 Å². The molecule has 36 heavy (non-hydrogen) atoms. The van der Waals surface area contributed by atoms with Crippen molar-refractivity contribution in [2.24, 2.45) is 5.41 Å². The highest BCUT2D eigenvalue weighted by atomic mass is 28.3. The lowest BCUT2D eigenvalue weighted by molar-refractivity contribution is 0.0899. The second-order valence-corrected chi connectivity index (χ2v) is 16.6. The van der Waals surface area contributed by atoms with Crippen molar-refractivity contribution in [2.75, 3.05) is 13.2 Å². The number of carbonyl (C=O) groups is 1. The van der Waals surface area contributed by atoms with E-state index in [0.29, 0.717) is 19.7 Å². The molecule has 2 N–H and O–H groups in total. The molecule has 1 amide bonds. The first-order valence-electron chi connectivity index (χ1n) is 12.5. The van der Waals surface area contributed by atoms with Crippen molar-refractivity contribution >= 4 is 25.2 Å². The Kier molecular flexibility index (Phi) is 7.75. The quantitative estimate of drug-likeness (QED) is 0.278.